The smallest absolute Gasteiger partial charge is 0.271 e. The molecule has 27 heavy (non-hydrogen) atoms. The summed E-state index contributed by atoms with van der Waals surface area (Å²) in [5, 5.41) is 14.6. The molecule has 1 atom stereocenters. The van der Waals surface area contributed by atoms with Crippen molar-refractivity contribution >= 4 is 23.2 Å². The van der Waals surface area contributed by atoms with E-state index in [4.69, 9.17) is 23.2 Å². The molecule has 0 saturated carbocycles. The monoisotopic (exact) mass is 400 g/mol. The summed E-state index contributed by atoms with van der Waals surface area (Å²) in [4.78, 5) is 25.4. The largest absolute Gasteiger partial charge is 0.349 e. The van der Waals surface area contributed by atoms with Gasteiger partial charge >= 0.3 is 5.69 Å². The van der Waals surface area contributed by atoms with E-state index >= 15 is 0 Å². The number of hydrogen-bond acceptors (Lipinski definition) is 4. The van der Waals surface area contributed by atoms with Crippen LogP contribution in [-0.2, 0) is 5.41 Å². The summed E-state index contributed by atoms with van der Waals surface area (Å²) in [7, 11) is 0. The van der Waals surface area contributed by atoms with E-state index in [1.54, 1.807) is 50.2 Å². The summed E-state index contributed by atoms with van der Waals surface area (Å²) in [6, 6.07) is 12.6. The third-order valence-corrected chi connectivity index (χ3v) is 4.98. The Morgan fingerprint density at radius 2 is 1.85 bits per heavy atom. The van der Waals surface area contributed by atoms with Gasteiger partial charge in [0, 0.05) is 10.0 Å². The minimum Gasteiger partial charge on any atom is -0.271 e. The van der Waals surface area contributed by atoms with E-state index in [-0.39, 0.29) is 0 Å². The van der Waals surface area contributed by atoms with Crippen molar-refractivity contribution in [2.75, 3.05) is 0 Å². The van der Waals surface area contributed by atoms with Crippen LogP contribution in [0.2, 0.25) is 10.0 Å². The standard InChI is InChI=1S/C19H14Cl2N4O2/c1-11-7-14(19(2,10-22)12-3-5-13(20)6-4-12)15(21)8-16(11)25-18(27)24-17(26)9-23-25/h3-9H,1-2H3,(H,24,26,27). The molecule has 1 N–H and O–H groups in total. The molecule has 8 heteroatoms. The van der Waals surface area contributed by atoms with Crippen molar-refractivity contribution in [3.05, 3.63) is 90.2 Å². The summed E-state index contributed by atoms with van der Waals surface area (Å²) >= 11 is 12.4. The van der Waals surface area contributed by atoms with Crippen LogP contribution in [-0.4, -0.2) is 14.8 Å². The fraction of sp³-hybridized carbons (Fsp3) is 0.158. The van der Waals surface area contributed by atoms with Crippen molar-refractivity contribution in [2.24, 2.45) is 0 Å². The van der Waals surface area contributed by atoms with Gasteiger partial charge in [-0.25, -0.2) is 4.79 Å². The maximum absolute atomic E-state index is 12.0. The molecule has 0 saturated heterocycles. The Morgan fingerprint density at radius 3 is 2.44 bits per heavy atom. The molecule has 0 radical (unpaired) electrons. The number of nitrogens with zero attached hydrogens (tertiary/aromatic N) is 3. The molecule has 136 valence electrons. The minimum atomic E-state index is -1.02. The van der Waals surface area contributed by atoms with Crippen LogP contribution >= 0.6 is 23.2 Å². The highest BCUT2D eigenvalue weighted by molar-refractivity contribution is 6.32. The Balaban J connectivity index is 2.19. The van der Waals surface area contributed by atoms with Gasteiger partial charge in [0.2, 0.25) is 0 Å². The molecule has 2 aromatic carbocycles. The second-order valence-corrected chi connectivity index (χ2v) is 7.06. The highest BCUT2D eigenvalue weighted by Gasteiger charge is 2.32. The van der Waals surface area contributed by atoms with Crippen LogP contribution in [0.15, 0.2) is 52.2 Å². The number of hydrogen-bond donors (Lipinski definition) is 1. The van der Waals surface area contributed by atoms with Crippen LogP contribution in [0.25, 0.3) is 5.69 Å². The molecule has 1 aromatic heterocycles. The predicted octanol–water partition coefficient (Wildman–Crippen LogP) is 3.37. The summed E-state index contributed by atoms with van der Waals surface area (Å²) in [5.74, 6) is 0. The Kier molecular flexibility index (Phi) is 4.92. The van der Waals surface area contributed by atoms with Crippen LogP contribution in [0.5, 0.6) is 0 Å². The van der Waals surface area contributed by atoms with E-state index in [2.05, 4.69) is 16.2 Å². The number of rotatable bonds is 3. The normalized spacial score (nSPS) is 13.0. The predicted molar refractivity (Wildman–Crippen MR) is 104 cm³/mol. The first-order valence-corrected chi connectivity index (χ1v) is 8.69. The Hall–Kier alpha value is -2.88. The summed E-state index contributed by atoms with van der Waals surface area (Å²) < 4.78 is 1.05. The number of nitriles is 1. The molecular formula is C19H14Cl2N4O2. The molecule has 0 amide bonds. The molecule has 0 bridgehead atoms. The lowest BCUT2D eigenvalue weighted by Crippen LogP contribution is -2.31. The van der Waals surface area contributed by atoms with Crippen LogP contribution in [0.3, 0.4) is 0 Å². The molecule has 0 aliphatic heterocycles. The van der Waals surface area contributed by atoms with Gasteiger partial charge in [-0.05, 0) is 48.7 Å². The van der Waals surface area contributed by atoms with Gasteiger partial charge in [-0.1, -0.05) is 41.4 Å². The topological polar surface area (TPSA) is 91.5 Å². The number of nitrogens with one attached hydrogen (secondary N) is 1. The van der Waals surface area contributed by atoms with Gasteiger partial charge in [-0.3, -0.25) is 9.78 Å². The summed E-state index contributed by atoms with van der Waals surface area (Å²) in [6.07, 6.45) is 1.01. The molecule has 0 spiro atoms. The Bertz CT molecular complexity index is 1180. The Labute approximate surface area is 164 Å². The lowest BCUT2D eigenvalue weighted by molar-refractivity contribution is 0.728. The van der Waals surface area contributed by atoms with Gasteiger partial charge in [0.1, 0.15) is 11.6 Å². The maximum Gasteiger partial charge on any atom is 0.349 e. The molecule has 0 aliphatic carbocycles. The quantitative estimate of drug-likeness (QED) is 0.729. The van der Waals surface area contributed by atoms with Crippen molar-refractivity contribution in [1.82, 2.24) is 14.8 Å². The van der Waals surface area contributed by atoms with Gasteiger partial charge < -0.3 is 0 Å². The van der Waals surface area contributed by atoms with Gasteiger partial charge in [0.15, 0.2) is 0 Å². The van der Waals surface area contributed by atoms with E-state index in [1.165, 1.54) is 0 Å². The first kappa shape index (κ1) is 18.9. The number of H-pyrrole nitrogens is 1. The first-order chi connectivity index (χ1) is 12.8. The van der Waals surface area contributed by atoms with Crippen molar-refractivity contribution in [3.63, 3.8) is 0 Å². The fourth-order valence-corrected chi connectivity index (χ4v) is 3.34. The number of benzene rings is 2. The second kappa shape index (κ2) is 7.03. The van der Waals surface area contributed by atoms with Gasteiger partial charge in [-0.2, -0.15) is 15.0 Å². The number of aryl methyl sites for hydroxylation is 1. The van der Waals surface area contributed by atoms with Crippen molar-refractivity contribution in [3.8, 4) is 11.8 Å². The summed E-state index contributed by atoms with van der Waals surface area (Å²) in [6.45, 7) is 3.54. The third-order valence-electron chi connectivity index (χ3n) is 4.41. The molecule has 0 fully saturated rings. The molecule has 1 unspecified atom stereocenters. The third kappa shape index (κ3) is 3.39. The van der Waals surface area contributed by atoms with Gasteiger partial charge in [-0.15, -0.1) is 0 Å². The van der Waals surface area contributed by atoms with Gasteiger partial charge in [0.25, 0.3) is 5.56 Å². The number of aromatic nitrogens is 3. The van der Waals surface area contributed by atoms with Crippen LogP contribution in [0.4, 0.5) is 0 Å². The number of halogens is 2. The average molecular weight is 401 g/mol. The van der Waals surface area contributed by atoms with E-state index in [1.807, 2.05) is 0 Å². The minimum absolute atomic E-state index is 0.300. The average Bonchev–Trinajstić information content (AvgIpc) is 2.63. The zero-order valence-electron chi connectivity index (χ0n) is 14.5. The van der Waals surface area contributed by atoms with E-state index in [0.29, 0.717) is 26.9 Å². The lowest BCUT2D eigenvalue weighted by atomic mass is 9.77. The molecule has 0 aliphatic rings. The fourth-order valence-electron chi connectivity index (χ4n) is 2.87. The lowest BCUT2D eigenvalue weighted by Gasteiger charge is -2.25. The highest BCUT2D eigenvalue weighted by atomic mass is 35.5. The zero-order chi connectivity index (χ0) is 19.8. The van der Waals surface area contributed by atoms with E-state index in [9.17, 15) is 14.9 Å². The molecule has 1 heterocycles. The molecule has 3 aromatic rings. The maximum atomic E-state index is 12.0. The van der Waals surface area contributed by atoms with Crippen LogP contribution in [0, 0.1) is 18.3 Å². The zero-order valence-corrected chi connectivity index (χ0v) is 16.0. The summed E-state index contributed by atoms with van der Waals surface area (Å²) in [5.41, 5.74) is 0.143. The van der Waals surface area contributed by atoms with Crippen LogP contribution in [0.1, 0.15) is 23.6 Å². The number of aromatic amines is 1. The molecule has 6 nitrogen and oxygen atoms in total. The van der Waals surface area contributed by atoms with E-state index in [0.717, 1.165) is 16.4 Å². The van der Waals surface area contributed by atoms with Crippen molar-refractivity contribution < 1.29 is 0 Å². The molecule has 3 rings (SSSR count). The van der Waals surface area contributed by atoms with Crippen molar-refractivity contribution in [2.45, 2.75) is 19.3 Å². The van der Waals surface area contributed by atoms with Crippen LogP contribution < -0.4 is 11.2 Å². The van der Waals surface area contributed by atoms with Crippen molar-refractivity contribution in [1.29, 1.82) is 5.26 Å². The first-order valence-electron chi connectivity index (χ1n) is 7.93. The second-order valence-electron chi connectivity index (χ2n) is 6.21. The molecular weight excluding hydrogens is 387 g/mol. The Morgan fingerprint density at radius 1 is 1.19 bits per heavy atom. The van der Waals surface area contributed by atoms with Gasteiger partial charge in [0.05, 0.1) is 11.8 Å². The van der Waals surface area contributed by atoms with E-state index < -0.39 is 16.7 Å². The highest BCUT2D eigenvalue weighted by Crippen LogP contribution is 2.38. The SMILES string of the molecule is Cc1cc(C(C)(C#N)c2ccc(Cl)cc2)c(Cl)cc1-n1ncc(=O)[nH]c1=O.